The van der Waals surface area contributed by atoms with E-state index in [2.05, 4.69) is 48.5 Å². The second-order valence-electron chi connectivity index (χ2n) is 15.4. The third-order valence-corrected chi connectivity index (χ3v) is 13.8. The predicted octanol–water partition coefficient (Wildman–Crippen LogP) is 7.31. The minimum atomic E-state index is -0.496. The maximum atomic E-state index is 12.9. The molecule has 0 bridgehead atoms. The summed E-state index contributed by atoms with van der Waals surface area (Å²) in [5.74, 6) is 2.75. The molecule has 0 unspecified atom stereocenters. The van der Waals surface area contributed by atoms with Gasteiger partial charge in [0.05, 0.1) is 16.8 Å². The van der Waals surface area contributed by atoms with Gasteiger partial charge in [-0.2, -0.15) is 0 Å². The number of hydrogen-bond donors (Lipinski definition) is 1. The SMILES string of the molecule is CC(C)[C@@H]1CC[C@]2(C(=O)O)CC[C@]3(C)[C@H](CC[C@@H]4[C@@]5(C)Cc6nccnc6C(C)(C)[C@@H]5CC[C@]43C)[C@@H]12. The van der Waals surface area contributed by atoms with E-state index in [1.165, 1.54) is 37.1 Å². The number of carboxylic acids is 1. The average molecular weight is 493 g/mol. The first-order valence-corrected chi connectivity index (χ1v) is 14.9. The van der Waals surface area contributed by atoms with Gasteiger partial charge in [0.15, 0.2) is 0 Å². The first-order chi connectivity index (χ1) is 16.8. The van der Waals surface area contributed by atoms with Gasteiger partial charge in [0.25, 0.3) is 0 Å². The Kier molecular flexibility index (Phi) is 5.22. The largest absolute Gasteiger partial charge is 0.481 e. The molecule has 0 aromatic carbocycles. The standard InChI is InChI=1S/C32H48N2O2/c1-19(2)20-10-13-32(27(35)36)15-14-30(6)21(25(20)32)8-9-24-29(5)18-22-26(34-17-16-33-22)28(3,4)23(29)11-12-31(24,30)7/h16-17,19-21,23-25H,8-15,18H2,1-7H3,(H,35,36)/t20-,21+,23-,24+,25+,29-,30+,31+,32-/m0/s1. The van der Waals surface area contributed by atoms with Crippen molar-refractivity contribution in [2.24, 2.45) is 57.2 Å². The van der Waals surface area contributed by atoms with Gasteiger partial charge in [-0.25, -0.2) is 0 Å². The quantitative estimate of drug-likeness (QED) is 0.470. The van der Waals surface area contributed by atoms with E-state index in [4.69, 9.17) is 9.97 Å². The smallest absolute Gasteiger partial charge is 0.309 e. The number of carbonyl (C=O) groups is 1. The molecular formula is C32H48N2O2. The third-order valence-electron chi connectivity index (χ3n) is 13.8. The fourth-order valence-corrected chi connectivity index (χ4v) is 12.1. The molecule has 36 heavy (non-hydrogen) atoms. The Bertz CT molecular complexity index is 1080. The zero-order valence-electron chi connectivity index (χ0n) is 23.7. The number of nitrogens with zero attached hydrogens (tertiary/aromatic N) is 2. The van der Waals surface area contributed by atoms with Crippen molar-refractivity contribution < 1.29 is 9.90 Å². The Hall–Kier alpha value is -1.45. The number of aliphatic carboxylic acids is 1. The summed E-state index contributed by atoms with van der Waals surface area (Å²) in [6.45, 7) is 17.4. The van der Waals surface area contributed by atoms with Gasteiger partial charge in [0.1, 0.15) is 0 Å². The maximum Gasteiger partial charge on any atom is 0.309 e. The van der Waals surface area contributed by atoms with Gasteiger partial charge in [0, 0.05) is 17.8 Å². The second kappa shape index (κ2) is 7.56. The molecule has 4 heteroatoms. The van der Waals surface area contributed by atoms with Crippen LogP contribution in [-0.4, -0.2) is 21.0 Å². The topological polar surface area (TPSA) is 63.1 Å². The molecule has 0 aliphatic heterocycles. The predicted molar refractivity (Wildman–Crippen MR) is 142 cm³/mol. The van der Waals surface area contributed by atoms with Gasteiger partial charge in [-0.3, -0.25) is 14.8 Å². The Balaban J connectivity index is 1.43. The van der Waals surface area contributed by atoms with Crippen molar-refractivity contribution in [2.45, 2.75) is 112 Å². The Labute approximate surface area is 218 Å². The van der Waals surface area contributed by atoms with Gasteiger partial charge in [-0.1, -0.05) is 48.5 Å². The molecule has 0 saturated heterocycles. The van der Waals surface area contributed by atoms with Gasteiger partial charge in [0.2, 0.25) is 0 Å². The van der Waals surface area contributed by atoms with Crippen LogP contribution in [0, 0.1) is 57.2 Å². The number of hydrogen-bond acceptors (Lipinski definition) is 3. The highest BCUT2D eigenvalue weighted by Gasteiger charge is 2.72. The van der Waals surface area contributed by atoms with E-state index in [1.54, 1.807) is 0 Å². The number of aromatic nitrogens is 2. The van der Waals surface area contributed by atoms with Crippen LogP contribution >= 0.6 is 0 Å². The molecule has 0 amide bonds. The molecule has 4 fully saturated rings. The van der Waals surface area contributed by atoms with Crippen LogP contribution in [0.15, 0.2) is 12.4 Å². The van der Waals surface area contributed by atoms with Crippen molar-refractivity contribution in [2.75, 3.05) is 0 Å². The van der Waals surface area contributed by atoms with Crippen molar-refractivity contribution in [1.29, 1.82) is 0 Å². The van der Waals surface area contributed by atoms with Gasteiger partial charge in [-0.15, -0.1) is 0 Å². The van der Waals surface area contributed by atoms with Crippen molar-refractivity contribution in [3.63, 3.8) is 0 Å². The minimum absolute atomic E-state index is 0.0366. The summed E-state index contributed by atoms with van der Waals surface area (Å²) in [5.41, 5.74) is 2.66. The highest BCUT2D eigenvalue weighted by molar-refractivity contribution is 5.76. The molecule has 6 rings (SSSR count). The molecule has 1 N–H and O–H groups in total. The lowest BCUT2D eigenvalue weighted by Crippen LogP contribution is -2.67. The van der Waals surface area contributed by atoms with Crippen LogP contribution < -0.4 is 0 Å². The van der Waals surface area contributed by atoms with Crippen LogP contribution in [0.1, 0.15) is 111 Å². The normalized spacial score (nSPS) is 48.8. The third kappa shape index (κ3) is 2.80. The molecule has 1 aromatic heterocycles. The van der Waals surface area contributed by atoms with Crippen LogP contribution in [0.3, 0.4) is 0 Å². The van der Waals surface area contributed by atoms with E-state index in [0.717, 1.165) is 32.1 Å². The number of carboxylic acid groups (broad SMARTS) is 1. The lowest BCUT2D eigenvalue weighted by Gasteiger charge is -2.72. The summed E-state index contributed by atoms with van der Waals surface area (Å²) >= 11 is 0. The molecule has 4 saturated carbocycles. The first-order valence-electron chi connectivity index (χ1n) is 14.9. The number of rotatable bonds is 2. The molecule has 5 aliphatic rings. The summed E-state index contributed by atoms with van der Waals surface area (Å²) in [6.07, 6.45) is 13.7. The first kappa shape index (κ1) is 24.9. The molecule has 0 spiro atoms. The van der Waals surface area contributed by atoms with Crippen LogP contribution in [0.2, 0.25) is 0 Å². The zero-order chi connectivity index (χ0) is 25.9. The van der Waals surface area contributed by atoms with Gasteiger partial charge in [-0.05, 0) is 110 Å². The van der Waals surface area contributed by atoms with E-state index in [1.807, 2.05) is 12.4 Å². The van der Waals surface area contributed by atoms with Crippen LogP contribution in [0.4, 0.5) is 0 Å². The van der Waals surface area contributed by atoms with E-state index < -0.39 is 11.4 Å². The minimum Gasteiger partial charge on any atom is -0.481 e. The van der Waals surface area contributed by atoms with Crippen LogP contribution in [-0.2, 0) is 16.6 Å². The van der Waals surface area contributed by atoms with Crippen molar-refractivity contribution in [1.82, 2.24) is 9.97 Å². The summed E-state index contributed by atoms with van der Waals surface area (Å²) in [6, 6.07) is 0. The lowest BCUT2D eigenvalue weighted by molar-refractivity contribution is -0.230. The monoisotopic (exact) mass is 492 g/mol. The average Bonchev–Trinajstić information content (AvgIpc) is 3.21. The molecule has 9 atom stereocenters. The lowest BCUT2D eigenvalue weighted by atomic mass is 9.32. The Morgan fingerprint density at radius 3 is 2.31 bits per heavy atom. The van der Waals surface area contributed by atoms with E-state index in [-0.39, 0.29) is 21.7 Å². The molecule has 5 aliphatic carbocycles. The summed E-state index contributed by atoms with van der Waals surface area (Å²) in [5, 5.41) is 10.6. The van der Waals surface area contributed by atoms with Crippen molar-refractivity contribution in [3.05, 3.63) is 23.8 Å². The molecule has 1 heterocycles. The summed E-state index contributed by atoms with van der Waals surface area (Å²) < 4.78 is 0. The molecular weight excluding hydrogens is 444 g/mol. The molecule has 4 nitrogen and oxygen atoms in total. The fraction of sp³-hybridized carbons (Fsp3) is 0.844. The Morgan fingerprint density at radius 1 is 0.889 bits per heavy atom. The van der Waals surface area contributed by atoms with Gasteiger partial charge < -0.3 is 5.11 Å². The second-order valence-corrected chi connectivity index (χ2v) is 15.4. The Morgan fingerprint density at radius 2 is 1.61 bits per heavy atom. The summed E-state index contributed by atoms with van der Waals surface area (Å²) in [4.78, 5) is 22.6. The zero-order valence-corrected chi connectivity index (χ0v) is 23.7. The maximum absolute atomic E-state index is 12.9. The van der Waals surface area contributed by atoms with E-state index >= 15 is 0 Å². The van der Waals surface area contributed by atoms with Crippen LogP contribution in [0.25, 0.3) is 0 Å². The van der Waals surface area contributed by atoms with Crippen molar-refractivity contribution >= 4 is 5.97 Å². The summed E-state index contributed by atoms with van der Waals surface area (Å²) in [7, 11) is 0. The fourth-order valence-electron chi connectivity index (χ4n) is 12.1. The van der Waals surface area contributed by atoms with E-state index in [9.17, 15) is 9.90 Å². The van der Waals surface area contributed by atoms with Crippen LogP contribution in [0.5, 0.6) is 0 Å². The van der Waals surface area contributed by atoms with E-state index in [0.29, 0.717) is 35.5 Å². The van der Waals surface area contributed by atoms with Crippen molar-refractivity contribution in [3.8, 4) is 0 Å². The van der Waals surface area contributed by atoms with Gasteiger partial charge >= 0.3 is 5.97 Å². The highest BCUT2D eigenvalue weighted by atomic mass is 16.4. The molecule has 1 aromatic rings. The number of fused-ring (bicyclic) bond motifs is 8. The molecule has 198 valence electrons. The molecule has 0 radical (unpaired) electrons. The highest BCUT2D eigenvalue weighted by Crippen LogP contribution is 2.77.